The van der Waals surface area contributed by atoms with Crippen LogP contribution in [0.2, 0.25) is 0 Å². The van der Waals surface area contributed by atoms with Crippen LogP contribution in [-0.2, 0) is 4.74 Å². The summed E-state index contributed by atoms with van der Waals surface area (Å²) >= 11 is 0. The number of nitrogens with zero attached hydrogens (tertiary/aromatic N) is 1. The SMILES string of the molecule is CCN(CCNCC1CCC(C(C)(C)C)CC1)C(=O)OC(C)(C)C. The van der Waals surface area contributed by atoms with E-state index in [4.69, 9.17) is 4.74 Å². The maximum atomic E-state index is 12.1. The van der Waals surface area contributed by atoms with Crippen molar-refractivity contribution in [1.82, 2.24) is 10.2 Å². The summed E-state index contributed by atoms with van der Waals surface area (Å²) in [5.41, 5.74) is 0.0249. The molecule has 24 heavy (non-hydrogen) atoms. The Bertz CT molecular complexity index is 374. The molecule has 1 aliphatic carbocycles. The van der Waals surface area contributed by atoms with Gasteiger partial charge in [-0.1, -0.05) is 20.8 Å². The first kappa shape index (κ1) is 21.3. The molecule has 0 unspecified atom stereocenters. The molecule has 1 aliphatic rings. The molecular weight excluding hydrogens is 300 g/mol. The molecule has 1 fully saturated rings. The Morgan fingerprint density at radius 2 is 1.67 bits per heavy atom. The second-order valence-electron chi connectivity index (χ2n) is 9.35. The van der Waals surface area contributed by atoms with Crippen molar-refractivity contribution in [2.24, 2.45) is 17.3 Å². The predicted molar refractivity (Wildman–Crippen MR) is 101 cm³/mol. The summed E-state index contributed by atoms with van der Waals surface area (Å²) in [6.07, 6.45) is 5.17. The van der Waals surface area contributed by atoms with Crippen molar-refractivity contribution < 1.29 is 9.53 Å². The van der Waals surface area contributed by atoms with Gasteiger partial charge in [-0.05, 0) is 77.2 Å². The molecule has 0 atom stereocenters. The summed E-state index contributed by atoms with van der Waals surface area (Å²) in [6, 6.07) is 0. The van der Waals surface area contributed by atoms with Gasteiger partial charge in [0.25, 0.3) is 0 Å². The monoisotopic (exact) mass is 340 g/mol. The molecule has 1 saturated carbocycles. The average molecular weight is 341 g/mol. The minimum atomic E-state index is -0.427. The van der Waals surface area contributed by atoms with Crippen molar-refractivity contribution in [2.75, 3.05) is 26.2 Å². The third-order valence-corrected chi connectivity index (χ3v) is 5.10. The molecule has 0 aliphatic heterocycles. The molecule has 0 saturated heterocycles. The first-order valence-corrected chi connectivity index (χ1v) is 9.71. The van der Waals surface area contributed by atoms with Gasteiger partial charge < -0.3 is 15.0 Å². The lowest BCUT2D eigenvalue weighted by atomic mass is 9.70. The van der Waals surface area contributed by atoms with E-state index in [0.29, 0.717) is 18.5 Å². The van der Waals surface area contributed by atoms with Crippen LogP contribution in [0, 0.1) is 17.3 Å². The summed E-state index contributed by atoms with van der Waals surface area (Å²) in [4.78, 5) is 13.9. The zero-order chi connectivity index (χ0) is 18.4. The quantitative estimate of drug-likeness (QED) is 0.713. The minimum absolute atomic E-state index is 0.211. The first-order valence-electron chi connectivity index (χ1n) is 9.71. The van der Waals surface area contributed by atoms with Crippen molar-refractivity contribution in [3.63, 3.8) is 0 Å². The normalized spacial score (nSPS) is 22.3. The van der Waals surface area contributed by atoms with Crippen molar-refractivity contribution in [3.05, 3.63) is 0 Å². The van der Waals surface area contributed by atoms with Crippen molar-refractivity contribution in [1.29, 1.82) is 0 Å². The number of rotatable bonds is 6. The van der Waals surface area contributed by atoms with Crippen LogP contribution < -0.4 is 5.32 Å². The van der Waals surface area contributed by atoms with E-state index < -0.39 is 5.60 Å². The third kappa shape index (κ3) is 7.87. The van der Waals surface area contributed by atoms with Gasteiger partial charge in [0.1, 0.15) is 5.60 Å². The smallest absolute Gasteiger partial charge is 0.410 e. The number of amides is 1. The van der Waals surface area contributed by atoms with E-state index >= 15 is 0 Å². The zero-order valence-corrected chi connectivity index (χ0v) is 17.1. The second-order valence-corrected chi connectivity index (χ2v) is 9.35. The molecule has 0 spiro atoms. The van der Waals surface area contributed by atoms with Gasteiger partial charge in [0.05, 0.1) is 0 Å². The Balaban J connectivity index is 2.22. The molecule has 0 aromatic carbocycles. The fraction of sp³-hybridized carbons (Fsp3) is 0.950. The molecule has 0 aromatic rings. The summed E-state index contributed by atoms with van der Waals surface area (Å²) < 4.78 is 5.44. The highest BCUT2D eigenvalue weighted by atomic mass is 16.6. The maximum Gasteiger partial charge on any atom is 0.410 e. The fourth-order valence-corrected chi connectivity index (χ4v) is 3.46. The van der Waals surface area contributed by atoms with E-state index in [1.165, 1.54) is 25.7 Å². The van der Waals surface area contributed by atoms with Gasteiger partial charge in [0.15, 0.2) is 0 Å². The number of carbonyl (C=O) groups excluding carboxylic acids is 1. The van der Waals surface area contributed by atoms with Gasteiger partial charge in [0.2, 0.25) is 0 Å². The minimum Gasteiger partial charge on any atom is -0.444 e. The van der Waals surface area contributed by atoms with Crippen LogP contribution in [0.25, 0.3) is 0 Å². The molecular formula is C20H40N2O2. The van der Waals surface area contributed by atoms with Gasteiger partial charge in [-0.25, -0.2) is 4.79 Å². The number of likely N-dealkylation sites (N-methyl/N-ethyl adjacent to an activating group) is 1. The first-order chi connectivity index (χ1) is 11.0. The van der Waals surface area contributed by atoms with E-state index in [9.17, 15) is 4.79 Å². The van der Waals surface area contributed by atoms with E-state index in [0.717, 1.165) is 24.9 Å². The highest BCUT2D eigenvalue weighted by Gasteiger charge is 2.29. The molecule has 4 heteroatoms. The van der Waals surface area contributed by atoms with Crippen molar-refractivity contribution in [3.8, 4) is 0 Å². The molecule has 0 heterocycles. The van der Waals surface area contributed by atoms with Gasteiger partial charge in [-0.15, -0.1) is 0 Å². The van der Waals surface area contributed by atoms with E-state index in [2.05, 4.69) is 26.1 Å². The van der Waals surface area contributed by atoms with Crippen LogP contribution in [0.1, 0.15) is 74.1 Å². The van der Waals surface area contributed by atoms with Crippen LogP contribution >= 0.6 is 0 Å². The molecule has 0 radical (unpaired) electrons. The van der Waals surface area contributed by atoms with Gasteiger partial charge in [0, 0.05) is 19.6 Å². The topological polar surface area (TPSA) is 41.6 Å². The Morgan fingerprint density at radius 3 is 2.12 bits per heavy atom. The Morgan fingerprint density at radius 1 is 1.08 bits per heavy atom. The third-order valence-electron chi connectivity index (χ3n) is 5.10. The summed E-state index contributed by atoms with van der Waals surface area (Å²) in [5.74, 6) is 1.66. The number of carbonyl (C=O) groups is 1. The maximum absolute atomic E-state index is 12.1. The molecule has 4 nitrogen and oxygen atoms in total. The van der Waals surface area contributed by atoms with E-state index in [1.807, 2.05) is 27.7 Å². The molecule has 142 valence electrons. The fourth-order valence-electron chi connectivity index (χ4n) is 3.46. The highest BCUT2D eigenvalue weighted by molar-refractivity contribution is 5.68. The molecule has 1 rings (SSSR count). The zero-order valence-electron chi connectivity index (χ0n) is 17.1. The summed E-state index contributed by atoms with van der Waals surface area (Å²) in [6.45, 7) is 18.1. The van der Waals surface area contributed by atoms with Crippen LogP contribution in [0.3, 0.4) is 0 Å². The lowest BCUT2D eigenvalue weighted by molar-refractivity contribution is 0.0261. The second kappa shape index (κ2) is 9.07. The van der Waals surface area contributed by atoms with Crippen molar-refractivity contribution in [2.45, 2.75) is 79.8 Å². The number of hydrogen-bond donors (Lipinski definition) is 1. The average Bonchev–Trinajstić information content (AvgIpc) is 2.45. The van der Waals surface area contributed by atoms with Crippen LogP contribution in [0.5, 0.6) is 0 Å². The van der Waals surface area contributed by atoms with Gasteiger partial charge in [-0.3, -0.25) is 0 Å². The number of hydrogen-bond acceptors (Lipinski definition) is 3. The van der Waals surface area contributed by atoms with Crippen molar-refractivity contribution >= 4 is 6.09 Å². The van der Waals surface area contributed by atoms with E-state index in [1.54, 1.807) is 4.90 Å². The van der Waals surface area contributed by atoms with Gasteiger partial charge >= 0.3 is 6.09 Å². The lowest BCUT2D eigenvalue weighted by Gasteiger charge is -2.37. The molecule has 1 N–H and O–H groups in total. The molecule has 0 aromatic heterocycles. The molecule has 0 bridgehead atoms. The predicted octanol–water partition coefficient (Wildman–Crippen LogP) is 4.69. The Labute approximate surface area is 149 Å². The highest BCUT2D eigenvalue weighted by Crippen LogP contribution is 2.39. The van der Waals surface area contributed by atoms with Crippen LogP contribution in [0.4, 0.5) is 4.79 Å². The summed E-state index contributed by atoms with van der Waals surface area (Å²) in [7, 11) is 0. The standard InChI is InChI=1S/C20H40N2O2/c1-8-22(18(23)24-20(5,6)7)14-13-21-15-16-9-11-17(12-10-16)19(2,3)4/h16-17,21H,8-15H2,1-7H3. The Kier molecular flexibility index (Phi) is 8.04. The Hall–Kier alpha value is -0.770. The van der Waals surface area contributed by atoms with Crippen LogP contribution in [0.15, 0.2) is 0 Å². The van der Waals surface area contributed by atoms with E-state index in [-0.39, 0.29) is 6.09 Å². The largest absolute Gasteiger partial charge is 0.444 e. The number of ether oxygens (including phenoxy) is 1. The summed E-state index contributed by atoms with van der Waals surface area (Å²) in [5, 5.41) is 3.54. The molecule has 1 amide bonds. The number of nitrogens with one attached hydrogen (secondary N) is 1. The van der Waals surface area contributed by atoms with Crippen LogP contribution in [-0.4, -0.2) is 42.8 Å². The lowest BCUT2D eigenvalue weighted by Crippen LogP contribution is -2.41. The van der Waals surface area contributed by atoms with Gasteiger partial charge in [-0.2, -0.15) is 0 Å².